The van der Waals surface area contributed by atoms with E-state index in [4.69, 9.17) is 5.73 Å². The lowest BCUT2D eigenvalue weighted by Crippen LogP contribution is -2.05. The highest BCUT2D eigenvalue weighted by molar-refractivity contribution is 9.10. The molecular formula is C11H8BrFN4O2. The molecule has 0 fully saturated rings. The van der Waals surface area contributed by atoms with E-state index in [1.54, 1.807) is 0 Å². The Kier molecular flexibility index (Phi) is 3.43. The van der Waals surface area contributed by atoms with Crippen molar-refractivity contribution in [2.24, 2.45) is 0 Å². The summed E-state index contributed by atoms with van der Waals surface area (Å²) in [7, 11) is 0. The molecule has 0 aliphatic rings. The number of nitrogen functional groups attached to an aromatic ring is 1. The summed E-state index contributed by atoms with van der Waals surface area (Å²) in [5.41, 5.74) is 5.08. The maximum Gasteiger partial charge on any atom is 0.316 e. The second-order valence-corrected chi connectivity index (χ2v) is 4.66. The van der Waals surface area contributed by atoms with E-state index in [0.717, 1.165) is 0 Å². The van der Waals surface area contributed by atoms with Gasteiger partial charge in [-0.3, -0.25) is 10.1 Å². The largest absolute Gasteiger partial charge is 0.368 e. The average Bonchev–Trinajstić information content (AvgIpc) is 2.30. The predicted molar refractivity (Wildman–Crippen MR) is 70.9 cm³/mol. The van der Waals surface area contributed by atoms with Crippen LogP contribution in [0.25, 0.3) is 11.3 Å². The highest BCUT2D eigenvalue weighted by Gasteiger charge is 2.24. The first-order valence-corrected chi connectivity index (χ1v) is 5.93. The minimum absolute atomic E-state index is 0.00160. The van der Waals surface area contributed by atoms with Gasteiger partial charge in [0.05, 0.1) is 4.92 Å². The minimum Gasteiger partial charge on any atom is -0.368 e. The number of hydrogen-bond donors (Lipinski definition) is 1. The van der Waals surface area contributed by atoms with E-state index in [1.165, 1.54) is 25.1 Å². The van der Waals surface area contributed by atoms with Gasteiger partial charge in [0, 0.05) is 10.0 Å². The zero-order chi connectivity index (χ0) is 14.2. The molecule has 1 heterocycles. The molecule has 0 amide bonds. The van der Waals surface area contributed by atoms with E-state index in [0.29, 0.717) is 4.47 Å². The Balaban J connectivity index is 2.81. The number of nitrogens with zero attached hydrogens (tertiary/aromatic N) is 3. The van der Waals surface area contributed by atoms with Crippen molar-refractivity contribution in [1.82, 2.24) is 9.97 Å². The molecule has 6 nitrogen and oxygen atoms in total. The molecule has 2 rings (SSSR count). The van der Waals surface area contributed by atoms with Crippen molar-refractivity contribution in [2.45, 2.75) is 6.92 Å². The van der Waals surface area contributed by atoms with Crippen LogP contribution in [0.15, 0.2) is 22.7 Å². The molecule has 0 aliphatic carbocycles. The molecule has 98 valence electrons. The van der Waals surface area contributed by atoms with E-state index in [2.05, 4.69) is 25.9 Å². The van der Waals surface area contributed by atoms with E-state index in [-0.39, 0.29) is 28.6 Å². The first-order chi connectivity index (χ1) is 8.90. The highest BCUT2D eigenvalue weighted by Crippen LogP contribution is 2.33. The Morgan fingerprint density at radius 1 is 1.42 bits per heavy atom. The van der Waals surface area contributed by atoms with Gasteiger partial charge in [0.2, 0.25) is 5.95 Å². The van der Waals surface area contributed by atoms with Crippen LogP contribution >= 0.6 is 15.9 Å². The molecule has 1 aromatic heterocycles. The highest BCUT2D eigenvalue weighted by atomic mass is 79.9. The Bertz CT molecular complexity index is 678. The summed E-state index contributed by atoms with van der Waals surface area (Å²) in [6.07, 6.45) is 0. The summed E-state index contributed by atoms with van der Waals surface area (Å²) in [5.74, 6) is -0.763. The maximum atomic E-state index is 13.8. The minimum atomic E-state index is -0.648. The maximum absolute atomic E-state index is 13.8. The molecule has 19 heavy (non-hydrogen) atoms. The van der Waals surface area contributed by atoms with Crippen LogP contribution in [-0.4, -0.2) is 14.9 Å². The lowest BCUT2D eigenvalue weighted by molar-refractivity contribution is -0.385. The van der Waals surface area contributed by atoms with E-state index in [1.807, 2.05) is 0 Å². The van der Waals surface area contributed by atoms with E-state index >= 15 is 0 Å². The fourth-order valence-electron chi connectivity index (χ4n) is 1.67. The van der Waals surface area contributed by atoms with Gasteiger partial charge in [0.1, 0.15) is 11.5 Å². The molecule has 0 aliphatic heterocycles. The molecule has 0 spiro atoms. The SMILES string of the molecule is Cc1nc(N)nc(-c2cc(Br)ccc2F)c1[N+](=O)[O-]. The first-order valence-electron chi connectivity index (χ1n) is 5.14. The van der Waals surface area contributed by atoms with Crippen molar-refractivity contribution in [2.75, 3.05) is 5.73 Å². The summed E-state index contributed by atoms with van der Waals surface area (Å²) in [5, 5.41) is 11.1. The molecule has 1 aromatic carbocycles. The average molecular weight is 327 g/mol. The molecule has 0 atom stereocenters. The number of rotatable bonds is 2. The van der Waals surface area contributed by atoms with Gasteiger partial charge in [0.25, 0.3) is 0 Å². The van der Waals surface area contributed by atoms with Crippen LogP contribution in [0.5, 0.6) is 0 Å². The summed E-state index contributed by atoms with van der Waals surface area (Å²) in [6.45, 7) is 1.43. The summed E-state index contributed by atoms with van der Waals surface area (Å²) >= 11 is 3.18. The number of anilines is 1. The quantitative estimate of drug-likeness (QED) is 0.676. The van der Waals surface area contributed by atoms with Gasteiger partial charge in [0.15, 0.2) is 5.69 Å². The van der Waals surface area contributed by atoms with Crippen molar-refractivity contribution in [3.63, 3.8) is 0 Å². The van der Waals surface area contributed by atoms with Crippen molar-refractivity contribution >= 4 is 27.6 Å². The van der Waals surface area contributed by atoms with Crippen LogP contribution in [0.3, 0.4) is 0 Å². The van der Waals surface area contributed by atoms with E-state index in [9.17, 15) is 14.5 Å². The second kappa shape index (κ2) is 4.88. The van der Waals surface area contributed by atoms with Crippen molar-refractivity contribution < 1.29 is 9.31 Å². The summed E-state index contributed by atoms with van der Waals surface area (Å²) in [6, 6.07) is 4.09. The lowest BCUT2D eigenvalue weighted by atomic mass is 10.1. The Hall–Kier alpha value is -2.09. The molecule has 8 heteroatoms. The van der Waals surface area contributed by atoms with E-state index < -0.39 is 10.7 Å². The van der Waals surface area contributed by atoms with Crippen molar-refractivity contribution in [1.29, 1.82) is 0 Å². The fourth-order valence-corrected chi connectivity index (χ4v) is 2.04. The van der Waals surface area contributed by atoms with Crippen molar-refractivity contribution in [3.8, 4) is 11.3 Å². The predicted octanol–water partition coefficient (Wildman–Crippen LogP) is 2.84. The Morgan fingerprint density at radius 2 is 2.11 bits per heavy atom. The number of aryl methyl sites for hydroxylation is 1. The monoisotopic (exact) mass is 326 g/mol. The number of hydrogen-bond acceptors (Lipinski definition) is 5. The van der Waals surface area contributed by atoms with Gasteiger partial charge in [-0.1, -0.05) is 15.9 Å². The number of nitrogens with two attached hydrogens (primary N) is 1. The molecule has 0 saturated carbocycles. The summed E-state index contributed by atoms with van der Waals surface area (Å²) in [4.78, 5) is 17.9. The molecule has 2 aromatic rings. The summed E-state index contributed by atoms with van der Waals surface area (Å²) < 4.78 is 14.4. The number of benzene rings is 1. The molecule has 0 bridgehead atoms. The number of halogens is 2. The Labute approximate surface area is 115 Å². The van der Waals surface area contributed by atoms with Gasteiger partial charge in [-0.05, 0) is 25.1 Å². The van der Waals surface area contributed by atoms with Gasteiger partial charge in [-0.25, -0.2) is 14.4 Å². The molecule has 0 unspecified atom stereocenters. The number of aromatic nitrogens is 2. The smallest absolute Gasteiger partial charge is 0.316 e. The van der Waals surface area contributed by atoms with Gasteiger partial charge in [-0.2, -0.15) is 0 Å². The normalized spacial score (nSPS) is 10.5. The fraction of sp³-hybridized carbons (Fsp3) is 0.0909. The third kappa shape index (κ3) is 2.53. The zero-order valence-electron chi connectivity index (χ0n) is 9.72. The third-order valence-electron chi connectivity index (χ3n) is 2.44. The lowest BCUT2D eigenvalue weighted by Gasteiger charge is -2.07. The van der Waals surface area contributed by atoms with Gasteiger partial charge >= 0.3 is 5.69 Å². The van der Waals surface area contributed by atoms with Gasteiger partial charge < -0.3 is 5.73 Å². The third-order valence-corrected chi connectivity index (χ3v) is 2.93. The van der Waals surface area contributed by atoms with Crippen LogP contribution in [0, 0.1) is 22.9 Å². The molecule has 0 saturated heterocycles. The van der Waals surface area contributed by atoms with Crippen LogP contribution in [-0.2, 0) is 0 Å². The van der Waals surface area contributed by atoms with Gasteiger partial charge in [-0.15, -0.1) is 0 Å². The van der Waals surface area contributed by atoms with Crippen LogP contribution in [0.1, 0.15) is 5.69 Å². The first kappa shape index (κ1) is 13.3. The molecule has 2 N–H and O–H groups in total. The van der Waals surface area contributed by atoms with Crippen molar-refractivity contribution in [3.05, 3.63) is 44.3 Å². The zero-order valence-corrected chi connectivity index (χ0v) is 11.3. The Morgan fingerprint density at radius 3 is 2.74 bits per heavy atom. The number of nitro groups is 1. The molecule has 0 radical (unpaired) electrons. The molecular weight excluding hydrogens is 319 g/mol. The van der Waals surface area contributed by atoms with Crippen LogP contribution in [0.2, 0.25) is 0 Å². The van der Waals surface area contributed by atoms with Crippen LogP contribution < -0.4 is 5.73 Å². The van der Waals surface area contributed by atoms with Crippen LogP contribution in [0.4, 0.5) is 16.0 Å². The standard InChI is InChI=1S/C11H8BrFN4O2/c1-5-10(17(18)19)9(16-11(14)15-5)7-4-6(12)2-3-8(7)13/h2-4H,1H3,(H2,14,15,16). The topological polar surface area (TPSA) is 94.9 Å². The second-order valence-electron chi connectivity index (χ2n) is 3.75.